The Morgan fingerprint density at radius 3 is 2.69 bits per heavy atom. The summed E-state index contributed by atoms with van der Waals surface area (Å²) in [5.41, 5.74) is 0. The summed E-state index contributed by atoms with van der Waals surface area (Å²) >= 11 is 0. The van der Waals surface area contributed by atoms with E-state index in [4.69, 9.17) is 10.4 Å². The van der Waals surface area contributed by atoms with Crippen LogP contribution in [0.3, 0.4) is 0 Å². The molecule has 4 N–H and O–H groups in total. The molecule has 26 heavy (non-hydrogen) atoms. The Morgan fingerprint density at radius 2 is 2.08 bits per heavy atom. The van der Waals surface area contributed by atoms with Gasteiger partial charge in [0.1, 0.15) is 6.04 Å². The van der Waals surface area contributed by atoms with Gasteiger partial charge in [0.25, 0.3) is 5.91 Å². The highest BCUT2D eigenvalue weighted by molar-refractivity contribution is 7.80. The number of fused-ring (bicyclic) bond motifs is 2. The predicted molar refractivity (Wildman–Crippen MR) is 85.0 cm³/mol. The lowest BCUT2D eigenvalue weighted by Crippen LogP contribution is -2.55. The minimum absolute atomic E-state index is 0.0410. The highest BCUT2D eigenvalue weighted by Gasteiger charge is 2.50. The van der Waals surface area contributed by atoms with Crippen molar-refractivity contribution in [3.8, 4) is 0 Å². The molecule has 3 atom stereocenters. The van der Waals surface area contributed by atoms with Gasteiger partial charge in [-0.2, -0.15) is 13.5 Å². The second-order valence-corrected chi connectivity index (χ2v) is 7.68. The summed E-state index contributed by atoms with van der Waals surface area (Å²) in [5, 5.41) is 4.20. The van der Waals surface area contributed by atoms with E-state index >= 15 is 0 Å². The number of nitrogens with one attached hydrogen (secondary N) is 1. The topological polar surface area (TPSA) is 163 Å². The molecule has 3 fully saturated rings. The van der Waals surface area contributed by atoms with E-state index < -0.39 is 40.3 Å². The molecule has 12 nitrogen and oxygen atoms in total. The molecule has 0 aromatic carbocycles. The molecule has 3 saturated heterocycles. The number of carbonyl (C=O) groups is 3. The van der Waals surface area contributed by atoms with E-state index in [1.165, 1.54) is 0 Å². The summed E-state index contributed by atoms with van der Waals surface area (Å²) in [4.78, 5) is 38.2. The highest BCUT2D eigenvalue weighted by atomic mass is 32.3. The summed E-state index contributed by atoms with van der Waals surface area (Å²) in [6.45, 7) is 1.54. The molecular formula is C13H21N5O7S. The second-order valence-electron chi connectivity index (χ2n) is 6.67. The van der Waals surface area contributed by atoms with Crippen molar-refractivity contribution in [2.45, 2.75) is 37.8 Å². The van der Waals surface area contributed by atoms with Crippen molar-refractivity contribution < 1.29 is 31.6 Å². The monoisotopic (exact) mass is 391 g/mol. The van der Waals surface area contributed by atoms with Crippen LogP contribution in [0.1, 0.15) is 25.7 Å². The van der Waals surface area contributed by atoms with Crippen molar-refractivity contribution in [1.29, 1.82) is 0 Å². The fraction of sp³-hybridized carbons (Fsp3) is 0.769. The molecule has 3 heterocycles. The summed E-state index contributed by atoms with van der Waals surface area (Å²) in [6.07, 6.45) is 1.43. The number of hydrogen-bond donors (Lipinski definition) is 3. The Balaban J connectivity index is 1.65. The third-order valence-corrected chi connectivity index (χ3v) is 5.26. The first-order chi connectivity index (χ1) is 12.2. The zero-order valence-electron chi connectivity index (χ0n) is 13.9. The summed E-state index contributed by atoms with van der Waals surface area (Å²) in [7, 11) is -4.86. The first-order valence-electron chi connectivity index (χ1n) is 8.26. The van der Waals surface area contributed by atoms with Crippen molar-refractivity contribution in [2.75, 3.05) is 19.6 Å². The van der Waals surface area contributed by atoms with Crippen molar-refractivity contribution in [2.24, 2.45) is 11.8 Å². The van der Waals surface area contributed by atoms with Crippen LogP contribution in [0, 0.1) is 5.92 Å². The third kappa shape index (κ3) is 3.81. The van der Waals surface area contributed by atoms with Crippen LogP contribution in [0.15, 0.2) is 0 Å². The first kappa shape index (κ1) is 19.0. The van der Waals surface area contributed by atoms with E-state index in [2.05, 4.69) is 9.60 Å². The normalized spacial score (nSPS) is 28.5. The average Bonchev–Trinajstić information content (AvgIpc) is 3.16. The van der Waals surface area contributed by atoms with Gasteiger partial charge >= 0.3 is 16.4 Å². The quantitative estimate of drug-likeness (QED) is 0.213. The number of imide groups is 1. The van der Waals surface area contributed by atoms with Crippen molar-refractivity contribution in [1.82, 2.24) is 20.3 Å². The van der Waals surface area contributed by atoms with Gasteiger partial charge in [0.05, 0.1) is 6.04 Å². The highest BCUT2D eigenvalue weighted by Crippen LogP contribution is 2.31. The lowest BCUT2D eigenvalue weighted by Gasteiger charge is -2.31. The fourth-order valence-electron chi connectivity index (χ4n) is 3.61. The number of nitrogens with zero attached hydrogens (tertiary/aromatic N) is 3. The first-order valence-corrected chi connectivity index (χ1v) is 9.63. The molecule has 2 bridgehead atoms. The Morgan fingerprint density at radius 1 is 1.35 bits per heavy atom. The standard InChI is InChI=1S/C13H21N5O7S/c14-17(11(19)5-8-3-4-15-6-8)12(20)10-2-1-9-7-16(10)13(21)18(9)25-26(22,23)24/h8-10,15H,1-7,14H2,(H,22,23,24)/t8?,9-,10+/m1/s1. The molecule has 0 saturated carbocycles. The minimum Gasteiger partial charge on any atom is -0.316 e. The number of nitrogens with two attached hydrogens (primary N) is 1. The number of hydrogen-bond acceptors (Lipinski definition) is 8. The number of hydrazine groups is 1. The van der Waals surface area contributed by atoms with E-state index in [9.17, 15) is 22.8 Å². The Hall–Kier alpha value is -1.80. The molecule has 0 aromatic heterocycles. The van der Waals surface area contributed by atoms with Gasteiger partial charge in [-0.25, -0.2) is 15.6 Å². The average molecular weight is 391 g/mol. The van der Waals surface area contributed by atoms with Gasteiger partial charge in [-0.1, -0.05) is 0 Å². The van der Waals surface area contributed by atoms with Gasteiger partial charge < -0.3 is 10.2 Å². The number of piperidine rings is 1. The van der Waals surface area contributed by atoms with E-state index in [0.717, 1.165) is 17.9 Å². The molecule has 0 aromatic rings. The van der Waals surface area contributed by atoms with Gasteiger partial charge in [-0.05, 0) is 38.3 Å². The van der Waals surface area contributed by atoms with Gasteiger partial charge in [-0.15, -0.1) is 4.28 Å². The van der Waals surface area contributed by atoms with Crippen molar-refractivity contribution in [3.63, 3.8) is 0 Å². The van der Waals surface area contributed by atoms with Gasteiger partial charge in [0, 0.05) is 13.0 Å². The zero-order valence-corrected chi connectivity index (χ0v) is 14.7. The van der Waals surface area contributed by atoms with Crippen LogP contribution in [0.4, 0.5) is 4.79 Å². The number of rotatable bonds is 5. The smallest absolute Gasteiger partial charge is 0.316 e. The lowest BCUT2D eigenvalue weighted by atomic mass is 9.99. The maximum Gasteiger partial charge on any atom is 0.418 e. The molecular weight excluding hydrogens is 370 g/mol. The number of hydroxylamine groups is 2. The fourth-order valence-corrected chi connectivity index (χ4v) is 3.99. The van der Waals surface area contributed by atoms with Crippen LogP contribution in [0.5, 0.6) is 0 Å². The van der Waals surface area contributed by atoms with Crippen LogP contribution in [0.25, 0.3) is 0 Å². The molecule has 0 radical (unpaired) electrons. The molecule has 3 aliphatic rings. The Kier molecular flexibility index (Phi) is 5.16. The van der Waals surface area contributed by atoms with Gasteiger partial charge in [-0.3, -0.25) is 14.1 Å². The van der Waals surface area contributed by atoms with Crippen LogP contribution in [-0.4, -0.2) is 77.5 Å². The largest absolute Gasteiger partial charge is 0.418 e. The molecule has 13 heteroatoms. The van der Waals surface area contributed by atoms with Gasteiger partial charge in [0.15, 0.2) is 0 Å². The van der Waals surface area contributed by atoms with Crippen molar-refractivity contribution in [3.05, 3.63) is 0 Å². The molecule has 0 aliphatic carbocycles. The van der Waals surface area contributed by atoms with Crippen LogP contribution in [0.2, 0.25) is 0 Å². The van der Waals surface area contributed by atoms with E-state index in [-0.39, 0.29) is 31.7 Å². The lowest BCUT2D eigenvalue weighted by molar-refractivity contribution is -0.149. The van der Waals surface area contributed by atoms with E-state index in [0.29, 0.717) is 16.6 Å². The summed E-state index contributed by atoms with van der Waals surface area (Å²) in [6, 6.07) is -2.46. The molecule has 4 amide bonds. The number of carbonyl (C=O) groups excluding carboxylic acids is 3. The molecule has 0 spiro atoms. The minimum atomic E-state index is -4.86. The number of amides is 4. The number of urea groups is 1. The summed E-state index contributed by atoms with van der Waals surface area (Å²) in [5.74, 6) is 4.55. The van der Waals surface area contributed by atoms with E-state index in [1.807, 2.05) is 0 Å². The second kappa shape index (κ2) is 7.08. The van der Waals surface area contributed by atoms with Crippen LogP contribution < -0.4 is 11.2 Å². The van der Waals surface area contributed by atoms with Crippen LogP contribution >= 0.6 is 0 Å². The Bertz CT molecular complexity index is 708. The van der Waals surface area contributed by atoms with Crippen LogP contribution in [-0.2, 0) is 24.3 Å². The van der Waals surface area contributed by atoms with E-state index in [1.54, 1.807) is 0 Å². The Labute approximate surface area is 150 Å². The molecule has 3 rings (SSSR count). The van der Waals surface area contributed by atoms with Gasteiger partial charge in [0.2, 0.25) is 5.91 Å². The third-order valence-electron chi connectivity index (χ3n) is 4.91. The zero-order chi connectivity index (χ0) is 19.1. The predicted octanol–water partition coefficient (Wildman–Crippen LogP) is -1.78. The summed E-state index contributed by atoms with van der Waals surface area (Å²) < 4.78 is 34.8. The molecule has 1 unspecified atom stereocenters. The molecule has 3 aliphatic heterocycles. The maximum atomic E-state index is 12.6. The molecule has 146 valence electrons. The maximum absolute atomic E-state index is 12.6. The van der Waals surface area contributed by atoms with Crippen molar-refractivity contribution >= 4 is 28.2 Å². The SMILES string of the molecule is NN(C(=O)CC1CCNC1)C(=O)[C@@H]1CC[C@@H]2CN1C(=O)N2OS(=O)(=O)O.